The van der Waals surface area contributed by atoms with Crippen LogP contribution in [0.1, 0.15) is 6.23 Å². The topological polar surface area (TPSA) is 111 Å². The van der Waals surface area contributed by atoms with Gasteiger partial charge in [0.05, 0.1) is 16.6 Å². The molecule has 1 aromatic rings. The number of rotatable bonds is 2. The Morgan fingerprint density at radius 3 is 2.88 bits per heavy atom. The van der Waals surface area contributed by atoms with Gasteiger partial charge < -0.3 is 20.7 Å². The standard InChI is InChI=1S/C9H12IN3O4/c10-6-7(15)4(3-14)17-8(6)13-2-1-5(11)12-9(13)16/h1-2,4,6-8,14-15H,3H2,(H2,11,12,16)/t4-,6+,7-,8-/m1/s1. The van der Waals surface area contributed by atoms with Crippen LogP contribution < -0.4 is 11.4 Å². The van der Waals surface area contributed by atoms with E-state index in [9.17, 15) is 9.90 Å². The molecule has 0 unspecified atom stereocenters. The van der Waals surface area contributed by atoms with Gasteiger partial charge in [-0.05, 0) is 6.07 Å². The Morgan fingerprint density at radius 1 is 1.65 bits per heavy atom. The van der Waals surface area contributed by atoms with Gasteiger partial charge in [0.25, 0.3) is 0 Å². The second-order valence-electron chi connectivity index (χ2n) is 3.72. The van der Waals surface area contributed by atoms with Crippen molar-refractivity contribution in [1.82, 2.24) is 9.55 Å². The van der Waals surface area contributed by atoms with Gasteiger partial charge in [-0.15, -0.1) is 0 Å². The Balaban J connectivity index is 2.32. The van der Waals surface area contributed by atoms with Crippen molar-refractivity contribution >= 4 is 28.4 Å². The molecule has 4 N–H and O–H groups in total. The minimum Gasteiger partial charge on any atom is -0.394 e. The molecular weight excluding hydrogens is 341 g/mol. The second kappa shape index (κ2) is 4.88. The first-order valence-corrected chi connectivity index (χ1v) is 6.22. The molecule has 0 aromatic carbocycles. The minimum absolute atomic E-state index is 0.133. The molecule has 1 saturated heterocycles. The molecule has 17 heavy (non-hydrogen) atoms. The Morgan fingerprint density at radius 2 is 2.35 bits per heavy atom. The van der Waals surface area contributed by atoms with E-state index >= 15 is 0 Å². The largest absolute Gasteiger partial charge is 0.394 e. The number of aliphatic hydroxyl groups excluding tert-OH is 2. The zero-order valence-electron chi connectivity index (χ0n) is 8.73. The molecule has 4 atom stereocenters. The van der Waals surface area contributed by atoms with Crippen molar-refractivity contribution < 1.29 is 14.9 Å². The van der Waals surface area contributed by atoms with Gasteiger partial charge in [0.2, 0.25) is 0 Å². The Kier molecular flexibility index (Phi) is 3.66. The van der Waals surface area contributed by atoms with E-state index in [-0.39, 0.29) is 16.3 Å². The summed E-state index contributed by atoms with van der Waals surface area (Å²) in [6.07, 6.45) is -0.697. The van der Waals surface area contributed by atoms with Crippen LogP contribution in [0.5, 0.6) is 0 Å². The molecule has 94 valence electrons. The summed E-state index contributed by atoms with van der Waals surface area (Å²) in [5.41, 5.74) is 4.85. The lowest BCUT2D eigenvalue weighted by atomic mass is 10.2. The maximum absolute atomic E-state index is 11.6. The van der Waals surface area contributed by atoms with Crippen LogP contribution in [0.3, 0.4) is 0 Å². The molecule has 8 heteroatoms. The van der Waals surface area contributed by atoms with E-state index in [1.54, 1.807) is 0 Å². The average Bonchev–Trinajstić information content (AvgIpc) is 2.57. The van der Waals surface area contributed by atoms with E-state index in [2.05, 4.69) is 4.98 Å². The van der Waals surface area contributed by atoms with E-state index in [4.69, 9.17) is 15.6 Å². The molecule has 0 radical (unpaired) electrons. The van der Waals surface area contributed by atoms with Gasteiger partial charge in [-0.25, -0.2) is 4.79 Å². The van der Waals surface area contributed by atoms with Crippen molar-refractivity contribution in [2.24, 2.45) is 0 Å². The van der Waals surface area contributed by atoms with Crippen LogP contribution >= 0.6 is 22.6 Å². The third kappa shape index (κ3) is 2.30. The van der Waals surface area contributed by atoms with Crippen LogP contribution in [0.25, 0.3) is 0 Å². The van der Waals surface area contributed by atoms with Crippen LogP contribution in [-0.4, -0.2) is 42.5 Å². The number of nitrogens with zero attached hydrogens (tertiary/aromatic N) is 2. The number of nitrogens with two attached hydrogens (primary N) is 1. The molecule has 1 aliphatic rings. The van der Waals surface area contributed by atoms with Gasteiger partial charge in [0.1, 0.15) is 11.9 Å². The van der Waals surface area contributed by atoms with E-state index in [1.807, 2.05) is 22.6 Å². The number of anilines is 1. The average molecular weight is 353 g/mol. The first kappa shape index (κ1) is 12.7. The fourth-order valence-corrected chi connectivity index (χ4v) is 2.68. The summed E-state index contributed by atoms with van der Waals surface area (Å²) in [6, 6.07) is 1.48. The summed E-state index contributed by atoms with van der Waals surface area (Å²) in [7, 11) is 0. The van der Waals surface area contributed by atoms with Gasteiger partial charge in [-0.2, -0.15) is 4.98 Å². The quantitative estimate of drug-likeness (QED) is 0.459. The van der Waals surface area contributed by atoms with Crippen molar-refractivity contribution in [2.45, 2.75) is 22.4 Å². The van der Waals surface area contributed by atoms with Gasteiger partial charge >= 0.3 is 5.69 Å². The molecule has 0 bridgehead atoms. The Hall–Kier alpha value is -0.710. The fourth-order valence-electron chi connectivity index (χ4n) is 1.70. The maximum Gasteiger partial charge on any atom is 0.351 e. The number of nitrogen functional groups attached to an aromatic ring is 1. The maximum atomic E-state index is 11.6. The predicted octanol–water partition coefficient (Wildman–Crippen LogP) is -1.12. The molecule has 7 nitrogen and oxygen atoms in total. The molecular formula is C9H12IN3O4. The monoisotopic (exact) mass is 353 g/mol. The summed E-state index contributed by atoms with van der Waals surface area (Å²) >= 11 is 1.98. The SMILES string of the molecule is Nc1ccn([C@@H]2O[C@H](CO)[C@@H](O)[C@@H]2I)c(=O)n1. The molecule has 0 aliphatic carbocycles. The first-order valence-electron chi connectivity index (χ1n) is 4.97. The fraction of sp³-hybridized carbons (Fsp3) is 0.556. The summed E-state index contributed by atoms with van der Waals surface area (Å²) in [5.74, 6) is 0.133. The molecule has 0 amide bonds. The summed E-state index contributed by atoms with van der Waals surface area (Å²) in [4.78, 5) is 15.2. The van der Waals surface area contributed by atoms with Crippen molar-refractivity contribution in [3.8, 4) is 0 Å². The highest BCUT2D eigenvalue weighted by Gasteiger charge is 2.43. The zero-order valence-corrected chi connectivity index (χ0v) is 10.9. The van der Waals surface area contributed by atoms with Crippen molar-refractivity contribution in [2.75, 3.05) is 12.3 Å². The highest BCUT2D eigenvalue weighted by molar-refractivity contribution is 14.1. The first-order chi connectivity index (χ1) is 8.04. The summed E-state index contributed by atoms with van der Waals surface area (Å²) in [5, 5.41) is 18.8. The molecule has 1 aromatic heterocycles. The van der Waals surface area contributed by atoms with Gasteiger partial charge in [0, 0.05) is 6.20 Å². The van der Waals surface area contributed by atoms with Crippen molar-refractivity contribution in [1.29, 1.82) is 0 Å². The van der Waals surface area contributed by atoms with Crippen LogP contribution in [0, 0.1) is 0 Å². The van der Waals surface area contributed by atoms with Gasteiger partial charge in [0.15, 0.2) is 6.23 Å². The lowest BCUT2D eigenvalue weighted by Crippen LogP contribution is -2.32. The summed E-state index contributed by atoms with van der Waals surface area (Å²) < 4.78 is 6.33. The number of aromatic nitrogens is 2. The van der Waals surface area contributed by atoms with E-state index < -0.39 is 24.1 Å². The van der Waals surface area contributed by atoms with Crippen molar-refractivity contribution in [3.63, 3.8) is 0 Å². The second-order valence-corrected chi connectivity index (χ2v) is 5.16. The smallest absolute Gasteiger partial charge is 0.351 e. The highest BCUT2D eigenvalue weighted by atomic mass is 127. The molecule has 2 heterocycles. The van der Waals surface area contributed by atoms with Crippen LogP contribution in [0.4, 0.5) is 5.82 Å². The Labute approximate surface area is 110 Å². The van der Waals surface area contributed by atoms with E-state index in [0.717, 1.165) is 0 Å². The van der Waals surface area contributed by atoms with Crippen LogP contribution in [-0.2, 0) is 4.74 Å². The molecule has 2 rings (SSSR count). The predicted molar refractivity (Wildman–Crippen MR) is 67.7 cm³/mol. The number of aliphatic hydroxyl groups is 2. The molecule has 0 spiro atoms. The third-order valence-corrected chi connectivity index (χ3v) is 3.95. The molecule has 1 aliphatic heterocycles. The molecule has 0 saturated carbocycles. The van der Waals surface area contributed by atoms with Gasteiger partial charge in [-0.1, -0.05) is 22.6 Å². The number of halogens is 1. The minimum atomic E-state index is -0.824. The number of hydrogen-bond donors (Lipinski definition) is 3. The number of hydrogen-bond acceptors (Lipinski definition) is 6. The normalized spacial score (nSPS) is 32.9. The molecule has 1 fully saturated rings. The van der Waals surface area contributed by atoms with Crippen LogP contribution in [0.15, 0.2) is 17.1 Å². The van der Waals surface area contributed by atoms with Crippen LogP contribution in [0.2, 0.25) is 0 Å². The van der Waals surface area contributed by atoms with E-state index in [1.165, 1.54) is 16.8 Å². The zero-order chi connectivity index (χ0) is 12.6. The lowest BCUT2D eigenvalue weighted by molar-refractivity contribution is -0.0455. The van der Waals surface area contributed by atoms with E-state index in [0.29, 0.717) is 0 Å². The summed E-state index contributed by atoms with van der Waals surface area (Å²) in [6.45, 7) is -0.297. The highest BCUT2D eigenvalue weighted by Crippen LogP contribution is 2.33. The number of ether oxygens (including phenoxy) is 1. The lowest BCUT2D eigenvalue weighted by Gasteiger charge is -2.16. The number of alkyl halides is 1. The Bertz CT molecular complexity index is 466. The third-order valence-electron chi connectivity index (χ3n) is 2.60. The van der Waals surface area contributed by atoms with Gasteiger partial charge in [-0.3, -0.25) is 4.57 Å². The van der Waals surface area contributed by atoms with Crippen molar-refractivity contribution in [3.05, 3.63) is 22.7 Å².